The van der Waals surface area contributed by atoms with Crippen LogP contribution in [0, 0.1) is 0 Å². The molecule has 0 saturated carbocycles. The molecule has 0 amide bonds. The molecule has 0 saturated heterocycles. The van der Waals surface area contributed by atoms with Crippen molar-refractivity contribution in [3.8, 4) is 5.75 Å². The van der Waals surface area contributed by atoms with Gasteiger partial charge in [-0.1, -0.05) is 36.9 Å². The number of nitrogens with one attached hydrogen (secondary N) is 1. The fourth-order valence-corrected chi connectivity index (χ4v) is 3.09. The van der Waals surface area contributed by atoms with E-state index < -0.39 is 0 Å². The lowest BCUT2D eigenvalue weighted by Gasteiger charge is -2.06. The van der Waals surface area contributed by atoms with Crippen LogP contribution in [0.25, 0.3) is 0 Å². The van der Waals surface area contributed by atoms with Crippen LogP contribution in [-0.2, 0) is 6.42 Å². The monoisotopic (exact) mass is 375 g/mol. The number of thiazole rings is 1. The van der Waals surface area contributed by atoms with Crippen molar-refractivity contribution in [2.24, 2.45) is 0 Å². The molecule has 0 aliphatic rings. The van der Waals surface area contributed by atoms with E-state index in [-0.39, 0.29) is 0 Å². The van der Waals surface area contributed by atoms with Crippen molar-refractivity contribution in [3.05, 3.63) is 108 Å². The van der Waals surface area contributed by atoms with Gasteiger partial charge in [-0.3, -0.25) is 4.98 Å². The van der Waals surface area contributed by atoms with E-state index in [1.807, 2.05) is 60.7 Å². The first kappa shape index (κ1) is 18.6. The minimum Gasteiger partial charge on any atom is -0.489 e. The third kappa shape index (κ3) is 6.24. The summed E-state index contributed by atoms with van der Waals surface area (Å²) in [6, 6.07) is 13.8. The van der Waals surface area contributed by atoms with Gasteiger partial charge in [0.15, 0.2) is 5.13 Å². The van der Waals surface area contributed by atoms with E-state index in [4.69, 9.17) is 4.74 Å². The molecule has 136 valence electrons. The van der Waals surface area contributed by atoms with Gasteiger partial charge >= 0.3 is 0 Å². The number of nitrogens with zero attached hydrogens (tertiary/aromatic N) is 2. The molecule has 0 unspecified atom stereocenters. The molecule has 0 atom stereocenters. The Morgan fingerprint density at radius 3 is 2.74 bits per heavy atom. The van der Waals surface area contributed by atoms with Crippen molar-refractivity contribution < 1.29 is 4.74 Å². The highest BCUT2D eigenvalue weighted by atomic mass is 32.1. The second-order valence-corrected chi connectivity index (χ2v) is 6.54. The first-order valence-corrected chi connectivity index (χ1v) is 9.49. The van der Waals surface area contributed by atoms with Crippen molar-refractivity contribution in [2.45, 2.75) is 6.42 Å². The third-order valence-electron chi connectivity index (χ3n) is 3.65. The number of para-hydroxylation sites is 1. The van der Waals surface area contributed by atoms with Crippen LogP contribution >= 0.6 is 11.3 Å². The molecule has 2 heterocycles. The molecular formula is C22H21N3OS. The fraction of sp³-hybridized carbons (Fsp3) is 0.0909. The van der Waals surface area contributed by atoms with Crippen molar-refractivity contribution in [3.63, 3.8) is 0 Å². The molecule has 3 rings (SSSR count). The van der Waals surface area contributed by atoms with Crippen LogP contribution in [0.2, 0.25) is 0 Å². The Kier molecular flexibility index (Phi) is 6.95. The molecule has 3 aromatic rings. The first-order valence-electron chi connectivity index (χ1n) is 8.61. The molecule has 0 aliphatic carbocycles. The van der Waals surface area contributed by atoms with Gasteiger partial charge in [0.25, 0.3) is 0 Å². The minimum absolute atomic E-state index is 0.461. The number of benzene rings is 1. The van der Waals surface area contributed by atoms with E-state index in [2.05, 4.69) is 27.2 Å². The van der Waals surface area contributed by atoms with Crippen LogP contribution in [0.1, 0.15) is 11.3 Å². The van der Waals surface area contributed by atoms with Crippen LogP contribution in [0.4, 0.5) is 5.13 Å². The predicted molar refractivity (Wildman–Crippen MR) is 112 cm³/mol. The van der Waals surface area contributed by atoms with Gasteiger partial charge in [-0.15, -0.1) is 11.3 Å². The Labute approximate surface area is 163 Å². The molecule has 1 N–H and O–H groups in total. The lowest BCUT2D eigenvalue weighted by atomic mass is 10.2. The lowest BCUT2D eigenvalue weighted by molar-refractivity contribution is 0.362. The summed E-state index contributed by atoms with van der Waals surface area (Å²) >= 11 is 1.58. The molecular weight excluding hydrogens is 354 g/mol. The van der Waals surface area contributed by atoms with Gasteiger partial charge in [0, 0.05) is 29.9 Å². The van der Waals surface area contributed by atoms with Gasteiger partial charge in [0.05, 0.1) is 5.69 Å². The van der Waals surface area contributed by atoms with Gasteiger partial charge in [-0.05, 0) is 42.0 Å². The second-order valence-electron chi connectivity index (χ2n) is 5.68. The van der Waals surface area contributed by atoms with Crippen molar-refractivity contribution in [1.29, 1.82) is 0 Å². The standard InChI is InChI=1S/C22H21N3OS/c1-2-3-7-19(12-15-26-21-8-5-4-6-9-21)24-22-25-20(17-27-22)16-18-10-13-23-14-11-18/h2-14,17H,1,15-16H2,(H,24,25)/b7-3-,19-12+. The van der Waals surface area contributed by atoms with Gasteiger partial charge in [0.1, 0.15) is 12.4 Å². The fourth-order valence-electron chi connectivity index (χ4n) is 2.36. The lowest BCUT2D eigenvalue weighted by Crippen LogP contribution is -2.01. The second kappa shape index (κ2) is 10.1. The van der Waals surface area contributed by atoms with E-state index in [9.17, 15) is 0 Å². The average molecular weight is 375 g/mol. The zero-order valence-electron chi connectivity index (χ0n) is 14.9. The molecule has 0 aliphatic heterocycles. The molecule has 1 aromatic carbocycles. The van der Waals surface area contributed by atoms with Crippen molar-refractivity contribution in [2.75, 3.05) is 11.9 Å². The molecule has 0 fully saturated rings. The maximum Gasteiger partial charge on any atom is 0.187 e. The Morgan fingerprint density at radius 2 is 1.96 bits per heavy atom. The van der Waals surface area contributed by atoms with E-state index in [0.717, 1.165) is 28.7 Å². The van der Waals surface area contributed by atoms with E-state index in [0.29, 0.717) is 6.61 Å². The smallest absolute Gasteiger partial charge is 0.187 e. The summed E-state index contributed by atoms with van der Waals surface area (Å²) in [7, 11) is 0. The Bertz CT molecular complexity index is 902. The molecule has 27 heavy (non-hydrogen) atoms. The number of hydrogen-bond donors (Lipinski definition) is 1. The normalized spacial score (nSPS) is 11.5. The SMILES string of the molecule is C=C/C=C\C(=C/COc1ccccc1)Nc1nc(Cc2ccncc2)cs1. The van der Waals surface area contributed by atoms with E-state index >= 15 is 0 Å². The number of aromatic nitrogens is 2. The zero-order valence-corrected chi connectivity index (χ0v) is 15.7. The highest BCUT2D eigenvalue weighted by Crippen LogP contribution is 2.20. The van der Waals surface area contributed by atoms with Crippen molar-refractivity contribution in [1.82, 2.24) is 9.97 Å². The van der Waals surface area contributed by atoms with Crippen LogP contribution in [-0.4, -0.2) is 16.6 Å². The molecule has 0 radical (unpaired) electrons. The Balaban J connectivity index is 1.63. The summed E-state index contributed by atoms with van der Waals surface area (Å²) < 4.78 is 5.74. The maximum absolute atomic E-state index is 5.74. The number of hydrogen-bond acceptors (Lipinski definition) is 5. The summed E-state index contributed by atoms with van der Waals surface area (Å²) in [5.41, 5.74) is 3.14. The van der Waals surface area contributed by atoms with Crippen LogP contribution in [0.5, 0.6) is 5.75 Å². The molecule has 4 nitrogen and oxygen atoms in total. The Hall–Kier alpha value is -3.18. The first-order chi connectivity index (χ1) is 13.3. The number of ether oxygens (including phenoxy) is 1. The van der Waals surface area contributed by atoms with Crippen LogP contribution in [0.15, 0.2) is 96.8 Å². The largest absolute Gasteiger partial charge is 0.489 e. The Morgan fingerprint density at radius 1 is 1.15 bits per heavy atom. The molecule has 2 aromatic heterocycles. The number of pyridine rings is 1. The number of anilines is 1. The quantitative estimate of drug-likeness (QED) is 0.519. The molecule has 0 spiro atoms. The van der Waals surface area contributed by atoms with E-state index in [1.165, 1.54) is 5.56 Å². The highest BCUT2D eigenvalue weighted by Gasteiger charge is 2.04. The minimum atomic E-state index is 0.461. The maximum atomic E-state index is 5.74. The summed E-state index contributed by atoms with van der Waals surface area (Å²) in [5.74, 6) is 0.842. The zero-order chi connectivity index (χ0) is 18.7. The van der Waals surface area contributed by atoms with Crippen molar-refractivity contribution >= 4 is 16.5 Å². The average Bonchev–Trinajstić information content (AvgIpc) is 3.14. The van der Waals surface area contributed by atoms with Gasteiger partial charge < -0.3 is 10.1 Å². The van der Waals surface area contributed by atoms with Crippen LogP contribution in [0.3, 0.4) is 0 Å². The summed E-state index contributed by atoms with van der Waals surface area (Å²) in [5, 5.41) is 6.26. The number of rotatable bonds is 9. The third-order valence-corrected chi connectivity index (χ3v) is 4.45. The van der Waals surface area contributed by atoms with Gasteiger partial charge in [-0.2, -0.15) is 0 Å². The highest BCUT2D eigenvalue weighted by molar-refractivity contribution is 7.13. The van der Waals surface area contributed by atoms with E-state index in [1.54, 1.807) is 29.8 Å². The number of allylic oxidation sites excluding steroid dienone is 3. The molecule has 5 heteroatoms. The predicted octanol–water partition coefficient (Wildman–Crippen LogP) is 5.25. The summed E-state index contributed by atoms with van der Waals surface area (Å²) in [6.45, 7) is 4.19. The topological polar surface area (TPSA) is 47.0 Å². The summed E-state index contributed by atoms with van der Waals surface area (Å²) in [6.07, 6.45) is 11.9. The van der Waals surface area contributed by atoms with Gasteiger partial charge in [-0.25, -0.2) is 4.98 Å². The molecule has 0 bridgehead atoms. The van der Waals surface area contributed by atoms with Crippen LogP contribution < -0.4 is 10.1 Å². The van der Waals surface area contributed by atoms with Gasteiger partial charge in [0.2, 0.25) is 0 Å². The summed E-state index contributed by atoms with van der Waals surface area (Å²) in [4.78, 5) is 8.71.